The molecule has 3 N–H and O–H groups in total. The van der Waals surface area contributed by atoms with E-state index in [0.29, 0.717) is 28.3 Å². The standard InChI is InChI=1S/C27H23F3N2O4S/c1-17(19-4-6-20(7-5-19)21-8-10-22(11-9-21)27(28,29)30)32-36-15-14-35-23-12-2-18(3-13-23)16-24-25(33)31-26(34)37-24/h2-13,32-33H,1,14-16H2,(H,31,34). The number of nitrogens with one attached hydrogen (secondary N) is 2. The van der Waals surface area contributed by atoms with Gasteiger partial charge in [-0.3, -0.25) is 20.1 Å². The summed E-state index contributed by atoms with van der Waals surface area (Å²) in [6.45, 7) is 4.46. The Morgan fingerprint density at radius 3 is 2.14 bits per heavy atom. The molecular weight excluding hydrogens is 505 g/mol. The Bertz CT molecular complexity index is 1390. The van der Waals surface area contributed by atoms with Crippen LogP contribution in [0.1, 0.15) is 21.6 Å². The van der Waals surface area contributed by atoms with Crippen molar-refractivity contribution in [2.45, 2.75) is 12.6 Å². The van der Waals surface area contributed by atoms with E-state index in [1.807, 2.05) is 12.1 Å². The number of ether oxygens (including phenoxy) is 1. The molecule has 0 spiro atoms. The summed E-state index contributed by atoms with van der Waals surface area (Å²) in [7, 11) is 0. The first-order valence-corrected chi connectivity index (χ1v) is 12.0. The average molecular weight is 529 g/mol. The summed E-state index contributed by atoms with van der Waals surface area (Å²) in [6, 6.07) is 19.5. The molecule has 6 nitrogen and oxygen atoms in total. The predicted octanol–water partition coefficient (Wildman–Crippen LogP) is 5.99. The molecule has 1 heterocycles. The van der Waals surface area contributed by atoms with Crippen molar-refractivity contribution >= 4 is 17.0 Å². The number of hydrogen-bond acceptors (Lipinski definition) is 6. The zero-order valence-corrected chi connectivity index (χ0v) is 20.3. The van der Waals surface area contributed by atoms with E-state index in [9.17, 15) is 23.1 Å². The molecule has 4 aromatic rings. The topological polar surface area (TPSA) is 83.6 Å². The zero-order chi connectivity index (χ0) is 26.4. The second-order valence-corrected chi connectivity index (χ2v) is 9.10. The van der Waals surface area contributed by atoms with Crippen LogP contribution in [0.5, 0.6) is 11.6 Å². The third kappa shape index (κ3) is 7.02. The maximum atomic E-state index is 12.7. The SMILES string of the molecule is C=C(NOCCOc1ccc(Cc2sc(=O)[nH]c2O)cc1)c1ccc(-c2ccc(C(F)(F)F)cc2)cc1. The zero-order valence-electron chi connectivity index (χ0n) is 19.5. The van der Waals surface area contributed by atoms with Crippen molar-refractivity contribution in [1.82, 2.24) is 10.5 Å². The molecule has 0 aliphatic heterocycles. The Labute approximate surface area is 214 Å². The minimum absolute atomic E-state index is 0.100. The third-order valence-electron chi connectivity index (χ3n) is 5.42. The van der Waals surface area contributed by atoms with E-state index in [2.05, 4.69) is 17.0 Å². The number of thiazole rings is 1. The number of hydroxylamine groups is 1. The van der Waals surface area contributed by atoms with Crippen molar-refractivity contribution in [2.24, 2.45) is 0 Å². The molecule has 3 aromatic carbocycles. The van der Waals surface area contributed by atoms with Gasteiger partial charge in [0.1, 0.15) is 19.0 Å². The lowest BCUT2D eigenvalue weighted by atomic mass is 10.0. The van der Waals surface area contributed by atoms with Crippen LogP contribution in [0, 0.1) is 0 Å². The lowest BCUT2D eigenvalue weighted by Crippen LogP contribution is -2.17. The number of halogens is 3. The summed E-state index contributed by atoms with van der Waals surface area (Å²) in [5.74, 6) is 0.549. The summed E-state index contributed by atoms with van der Waals surface area (Å²) in [4.78, 5) is 19.3. The van der Waals surface area contributed by atoms with Crippen molar-refractivity contribution in [1.29, 1.82) is 0 Å². The highest BCUT2D eigenvalue weighted by atomic mass is 32.1. The predicted molar refractivity (Wildman–Crippen MR) is 136 cm³/mol. The van der Waals surface area contributed by atoms with Crippen LogP contribution >= 0.6 is 11.3 Å². The maximum Gasteiger partial charge on any atom is 0.416 e. The van der Waals surface area contributed by atoms with Gasteiger partial charge in [-0.1, -0.05) is 66.4 Å². The van der Waals surface area contributed by atoms with Crippen molar-refractivity contribution in [3.8, 4) is 22.8 Å². The number of alkyl halides is 3. The fourth-order valence-corrected chi connectivity index (χ4v) is 4.23. The highest BCUT2D eigenvalue weighted by molar-refractivity contribution is 7.09. The van der Waals surface area contributed by atoms with Crippen LogP contribution < -0.4 is 15.1 Å². The number of aromatic hydroxyl groups is 1. The fraction of sp³-hybridized carbons (Fsp3) is 0.148. The van der Waals surface area contributed by atoms with E-state index >= 15 is 0 Å². The largest absolute Gasteiger partial charge is 0.494 e. The number of H-pyrrole nitrogens is 1. The Kier molecular flexibility index (Phi) is 8.00. The monoisotopic (exact) mass is 528 g/mol. The summed E-state index contributed by atoms with van der Waals surface area (Å²) in [6.07, 6.45) is -3.92. The van der Waals surface area contributed by atoms with Gasteiger partial charge < -0.3 is 9.84 Å². The van der Waals surface area contributed by atoms with E-state index in [0.717, 1.165) is 40.2 Å². The molecule has 0 bridgehead atoms. The lowest BCUT2D eigenvalue weighted by Gasteiger charge is -2.12. The first-order chi connectivity index (χ1) is 17.7. The van der Waals surface area contributed by atoms with E-state index in [1.54, 1.807) is 36.4 Å². The molecule has 0 aliphatic rings. The van der Waals surface area contributed by atoms with E-state index in [4.69, 9.17) is 9.57 Å². The van der Waals surface area contributed by atoms with Gasteiger partial charge >= 0.3 is 11.0 Å². The van der Waals surface area contributed by atoms with Crippen LogP contribution in [-0.2, 0) is 17.4 Å². The molecule has 0 fully saturated rings. The Balaban J connectivity index is 1.19. The highest BCUT2D eigenvalue weighted by Gasteiger charge is 2.29. The molecule has 0 unspecified atom stereocenters. The fourth-order valence-electron chi connectivity index (χ4n) is 3.47. The summed E-state index contributed by atoms with van der Waals surface area (Å²) in [5.41, 5.74) is 5.77. The van der Waals surface area contributed by atoms with Crippen molar-refractivity contribution in [3.63, 3.8) is 0 Å². The Morgan fingerprint density at radius 2 is 1.57 bits per heavy atom. The molecule has 10 heteroatoms. The molecule has 1 aromatic heterocycles. The van der Waals surface area contributed by atoms with Gasteiger partial charge in [-0.2, -0.15) is 13.2 Å². The van der Waals surface area contributed by atoms with Crippen molar-refractivity contribution < 1.29 is 27.9 Å². The summed E-state index contributed by atoms with van der Waals surface area (Å²) >= 11 is 0.977. The van der Waals surface area contributed by atoms with Gasteiger partial charge in [0, 0.05) is 6.42 Å². The smallest absolute Gasteiger partial charge is 0.416 e. The minimum Gasteiger partial charge on any atom is -0.494 e. The second kappa shape index (κ2) is 11.4. The van der Waals surface area contributed by atoms with Crippen LogP contribution in [-0.4, -0.2) is 23.3 Å². The van der Waals surface area contributed by atoms with Gasteiger partial charge in [0.25, 0.3) is 0 Å². The number of benzene rings is 3. The number of aromatic nitrogens is 1. The van der Waals surface area contributed by atoms with Gasteiger partial charge in [-0.05, 0) is 46.5 Å². The molecule has 0 radical (unpaired) electrons. The number of hydrogen-bond donors (Lipinski definition) is 3. The highest BCUT2D eigenvalue weighted by Crippen LogP contribution is 2.31. The number of rotatable bonds is 10. The molecule has 0 saturated carbocycles. The molecule has 0 amide bonds. The first kappa shape index (κ1) is 26.1. The van der Waals surface area contributed by atoms with Gasteiger partial charge in [0.05, 0.1) is 16.1 Å². The Hall–Kier alpha value is -4.02. The van der Waals surface area contributed by atoms with Gasteiger partial charge in [-0.15, -0.1) is 0 Å². The molecular formula is C27H23F3N2O4S. The van der Waals surface area contributed by atoms with Crippen molar-refractivity contribution in [2.75, 3.05) is 13.2 Å². The van der Waals surface area contributed by atoms with E-state index < -0.39 is 11.7 Å². The molecule has 37 heavy (non-hydrogen) atoms. The van der Waals surface area contributed by atoms with E-state index in [-0.39, 0.29) is 24.0 Å². The first-order valence-electron chi connectivity index (χ1n) is 11.2. The van der Waals surface area contributed by atoms with Gasteiger partial charge in [0.15, 0.2) is 0 Å². The quantitative estimate of drug-likeness (QED) is 0.174. The van der Waals surface area contributed by atoms with Crippen LogP contribution in [0.3, 0.4) is 0 Å². The summed E-state index contributed by atoms with van der Waals surface area (Å²) in [5, 5.41) is 9.69. The minimum atomic E-state index is -4.36. The molecule has 0 atom stereocenters. The Morgan fingerprint density at radius 1 is 0.946 bits per heavy atom. The van der Waals surface area contributed by atoms with Crippen molar-refractivity contribution in [3.05, 3.63) is 111 Å². The molecule has 0 aliphatic carbocycles. The molecule has 4 rings (SSSR count). The van der Waals surface area contributed by atoms with Crippen LogP contribution in [0.2, 0.25) is 0 Å². The summed E-state index contributed by atoms with van der Waals surface area (Å²) < 4.78 is 43.9. The normalized spacial score (nSPS) is 11.3. The molecule has 0 saturated heterocycles. The van der Waals surface area contributed by atoms with Crippen LogP contribution in [0.15, 0.2) is 84.2 Å². The lowest BCUT2D eigenvalue weighted by molar-refractivity contribution is -0.137. The van der Waals surface area contributed by atoms with Gasteiger partial charge in [-0.25, -0.2) is 0 Å². The van der Waals surface area contributed by atoms with Gasteiger partial charge in [0.2, 0.25) is 5.88 Å². The molecule has 192 valence electrons. The number of aromatic amines is 1. The van der Waals surface area contributed by atoms with Crippen LogP contribution in [0.4, 0.5) is 13.2 Å². The average Bonchev–Trinajstić information content (AvgIpc) is 3.20. The van der Waals surface area contributed by atoms with E-state index in [1.165, 1.54) is 12.1 Å². The maximum absolute atomic E-state index is 12.7. The third-order valence-corrected chi connectivity index (χ3v) is 6.29. The second-order valence-electron chi connectivity index (χ2n) is 8.04. The van der Waals surface area contributed by atoms with Crippen LogP contribution in [0.25, 0.3) is 16.8 Å².